The normalized spacial score (nSPS) is 11.5. The lowest BCUT2D eigenvalue weighted by molar-refractivity contribution is 0.173. The van der Waals surface area contributed by atoms with Gasteiger partial charge in [-0.2, -0.15) is 0 Å². The van der Waals surface area contributed by atoms with E-state index < -0.39 is 17.3 Å². The number of amides is 1. The van der Waals surface area contributed by atoms with Gasteiger partial charge in [0.2, 0.25) is 0 Å². The average molecular weight is 336 g/mol. The summed E-state index contributed by atoms with van der Waals surface area (Å²) in [4.78, 5) is 12.6. The summed E-state index contributed by atoms with van der Waals surface area (Å²) >= 11 is 4.34. The van der Waals surface area contributed by atoms with Crippen LogP contribution in [0.2, 0.25) is 5.02 Å². The van der Waals surface area contributed by atoms with Crippen LogP contribution in [-0.2, 0) is 15.9 Å². The van der Waals surface area contributed by atoms with Gasteiger partial charge in [0.25, 0.3) is 0 Å². The van der Waals surface area contributed by atoms with Crippen molar-refractivity contribution in [2.45, 2.75) is 4.90 Å². The molecule has 0 fully saturated rings. The van der Waals surface area contributed by atoms with Gasteiger partial charge in [-0.15, -0.1) is 0 Å². The van der Waals surface area contributed by atoms with E-state index in [0.29, 0.717) is 20.5 Å². The summed E-state index contributed by atoms with van der Waals surface area (Å²) in [6.45, 7) is 3.57. The monoisotopic (exact) mass is 335 g/mol. The highest BCUT2D eigenvalue weighted by atomic mass is 35.5. The van der Waals surface area contributed by atoms with E-state index in [2.05, 4.69) is 11.9 Å². The highest BCUT2D eigenvalue weighted by Gasteiger charge is 2.17. The number of ether oxygens (including phenoxy) is 1. The van der Waals surface area contributed by atoms with Gasteiger partial charge in [-0.1, -0.05) is 29.8 Å². The van der Waals surface area contributed by atoms with Gasteiger partial charge in [-0.3, -0.25) is 5.32 Å². The first-order valence-electron chi connectivity index (χ1n) is 6.40. The third-order valence-electron chi connectivity index (χ3n) is 2.67. The molecular weight excluding hydrogens is 322 g/mol. The van der Waals surface area contributed by atoms with Crippen LogP contribution >= 0.6 is 11.6 Å². The molecule has 0 saturated carbocycles. The highest BCUT2D eigenvalue weighted by molar-refractivity contribution is 7.95. The molecule has 0 aliphatic carbocycles. The fourth-order valence-electron chi connectivity index (χ4n) is 1.60. The Morgan fingerprint density at radius 3 is 2.45 bits per heavy atom. The quantitative estimate of drug-likeness (QED) is 0.832. The molecule has 0 radical (unpaired) electrons. The Labute approximate surface area is 136 Å². The molecule has 2 rings (SSSR count). The van der Waals surface area contributed by atoms with Crippen molar-refractivity contribution in [1.29, 1.82) is 0 Å². The summed E-state index contributed by atoms with van der Waals surface area (Å²) in [7, 11) is 0. The highest BCUT2D eigenvalue weighted by Crippen LogP contribution is 2.18. The predicted molar refractivity (Wildman–Crippen MR) is 88.4 cm³/mol. The van der Waals surface area contributed by atoms with Crippen LogP contribution in [0.1, 0.15) is 0 Å². The SMILES string of the molecule is C=C(COC(=O)Nc1ccc(Cl)cc1)[S+]([O-])c1ccccc1. The molecule has 0 aromatic heterocycles. The molecule has 1 amide bonds. The van der Waals surface area contributed by atoms with E-state index in [-0.39, 0.29) is 6.61 Å². The van der Waals surface area contributed by atoms with Crippen LogP contribution in [0.15, 0.2) is 71.0 Å². The zero-order valence-corrected chi connectivity index (χ0v) is 13.2. The summed E-state index contributed by atoms with van der Waals surface area (Å²) < 4.78 is 17.1. The minimum Gasteiger partial charge on any atom is -0.607 e. The molecule has 6 heteroatoms. The van der Waals surface area contributed by atoms with Crippen molar-refractivity contribution in [1.82, 2.24) is 0 Å². The minimum atomic E-state index is -1.41. The molecule has 22 heavy (non-hydrogen) atoms. The van der Waals surface area contributed by atoms with Gasteiger partial charge in [-0.05, 0) is 43.0 Å². The molecule has 2 aromatic rings. The fraction of sp³-hybridized carbons (Fsp3) is 0.0625. The van der Waals surface area contributed by atoms with Crippen molar-refractivity contribution < 1.29 is 14.1 Å². The topological polar surface area (TPSA) is 61.4 Å². The van der Waals surface area contributed by atoms with Crippen LogP contribution in [0, 0.1) is 0 Å². The number of anilines is 1. The Bertz CT molecular complexity index is 646. The average Bonchev–Trinajstić information content (AvgIpc) is 2.55. The molecule has 1 N–H and O–H groups in total. The molecule has 0 aliphatic heterocycles. The molecule has 0 spiro atoms. The summed E-state index contributed by atoms with van der Waals surface area (Å²) in [5, 5.41) is 3.12. The van der Waals surface area contributed by atoms with Crippen molar-refractivity contribution in [2.24, 2.45) is 0 Å². The number of halogens is 1. The zero-order chi connectivity index (χ0) is 15.9. The molecule has 1 atom stereocenters. The largest absolute Gasteiger partial charge is 0.607 e. The standard InChI is InChI=1S/C16H14ClNO3S/c1-12(22(20)15-5-3-2-4-6-15)11-21-16(19)18-14-9-7-13(17)8-10-14/h2-10H,1,11H2,(H,18,19). The lowest BCUT2D eigenvalue weighted by Crippen LogP contribution is -2.17. The van der Waals surface area contributed by atoms with Crippen molar-refractivity contribution in [3.05, 3.63) is 71.1 Å². The Morgan fingerprint density at radius 1 is 1.18 bits per heavy atom. The van der Waals surface area contributed by atoms with E-state index >= 15 is 0 Å². The van der Waals surface area contributed by atoms with Gasteiger partial charge in [-0.25, -0.2) is 4.79 Å². The number of hydrogen-bond donors (Lipinski definition) is 1. The second-order valence-electron chi connectivity index (χ2n) is 4.33. The molecule has 114 valence electrons. The molecule has 4 nitrogen and oxygen atoms in total. The van der Waals surface area contributed by atoms with Gasteiger partial charge in [0.05, 0.1) is 0 Å². The number of rotatable bonds is 5. The zero-order valence-electron chi connectivity index (χ0n) is 11.6. The van der Waals surface area contributed by atoms with E-state index in [4.69, 9.17) is 16.3 Å². The maximum atomic E-state index is 12.1. The molecule has 0 bridgehead atoms. The number of carbonyl (C=O) groups excluding carboxylic acids is 1. The molecule has 0 heterocycles. The first kappa shape index (κ1) is 16.4. The van der Waals surface area contributed by atoms with Gasteiger partial charge < -0.3 is 9.29 Å². The maximum absolute atomic E-state index is 12.1. The third-order valence-corrected chi connectivity index (χ3v) is 4.27. The number of carbonyl (C=O) groups is 1. The predicted octanol–water partition coefficient (Wildman–Crippen LogP) is 4.21. The summed E-state index contributed by atoms with van der Waals surface area (Å²) in [6.07, 6.45) is -0.645. The lowest BCUT2D eigenvalue weighted by Gasteiger charge is -2.12. The molecule has 0 saturated heterocycles. The van der Waals surface area contributed by atoms with E-state index in [1.807, 2.05) is 6.07 Å². The van der Waals surface area contributed by atoms with E-state index in [0.717, 1.165) is 0 Å². The number of benzene rings is 2. The van der Waals surface area contributed by atoms with Crippen LogP contribution in [0.3, 0.4) is 0 Å². The first-order valence-corrected chi connectivity index (χ1v) is 7.93. The second kappa shape index (κ2) is 7.89. The van der Waals surface area contributed by atoms with Crippen molar-refractivity contribution in [3.63, 3.8) is 0 Å². The summed E-state index contributed by atoms with van der Waals surface area (Å²) in [5.74, 6) is 0. The van der Waals surface area contributed by atoms with E-state index in [1.165, 1.54) is 0 Å². The van der Waals surface area contributed by atoms with Gasteiger partial charge in [0.1, 0.15) is 0 Å². The maximum Gasteiger partial charge on any atom is 0.412 e. The van der Waals surface area contributed by atoms with Crippen LogP contribution in [0.5, 0.6) is 0 Å². The Kier molecular flexibility index (Phi) is 5.89. The van der Waals surface area contributed by atoms with Crippen LogP contribution in [0.4, 0.5) is 10.5 Å². The lowest BCUT2D eigenvalue weighted by atomic mass is 10.3. The Morgan fingerprint density at radius 2 is 1.82 bits per heavy atom. The van der Waals surface area contributed by atoms with E-state index in [1.54, 1.807) is 48.5 Å². The Hall–Kier alpha value is -1.95. The van der Waals surface area contributed by atoms with Crippen LogP contribution in [0.25, 0.3) is 0 Å². The van der Waals surface area contributed by atoms with Crippen molar-refractivity contribution in [3.8, 4) is 0 Å². The number of hydrogen-bond acceptors (Lipinski definition) is 3. The molecular formula is C16H14ClNO3S. The van der Waals surface area contributed by atoms with Crippen molar-refractivity contribution in [2.75, 3.05) is 11.9 Å². The molecule has 0 aliphatic rings. The van der Waals surface area contributed by atoms with Gasteiger partial charge >= 0.3 is 6.09 Å². The van der Waals surface area contributed by atoms with Crippen LogP contribution < -0.4 is 5.32 Å². The van der Waals surface area contributed by atoms with Gasteiger partial charge in [0, 0.05) is 21.9 Å². The Balaban J connectivity index is 1.83. The fourth-order valence-corrected chi connectivity index (χ4v) is 2.63. The molecule has 2 aromatic carbocycles. The van der Waals surface area contributed by atoms with Crippen molar-refractivity contribution >= 4 is 34.6 Å². The summed E-state index contributed by atoms with van der Waals surface area (Å²) in [6, 6.07) is 15.5. The summed E-state index contributed by atoms with van der Waals surface area (Å²) in [5.41, 5.74) is 0.559. The molecule has 1 unspecified atom stereocenters. The van der Waals surface area contributed by atoms with Gasteiger partial charge in [0.15, 0.2) is 16.4 Å². The van der Waals surface area contributed by atoms with E-state index in [9.17, 15) is 9.35 Å². The number of nitrogens with one attached hydrogen (secondary N) is 1. The minimum absolute atomic E-state index is 0.124. The van der Waals surface area contributed by atoms with Crippen LogP contribution in [-0.4, -0.2) is 17.3 Å². The second-order valence-corrected chi connectivity index (χ2v) is 6.35. The first-order chi connectivity index (χ1) is 10.6. The smallest absolute Gasteiger partial charge is 0.412 e. The third kappa shape index (κ3) is 4.80.